The molecule has 118 valence electrons. The molecule has 0 saturated carbocycles. The maximum atomic E-state index is 4.56. The van der Waals surface area contributed by atoms with Crippen LogP contribution in [0.25, 0.3) is 0 Å². The molecule has 1 unspecified atom stereocenters. The summed E-state index contributed by atoms with van der Waals surface area (Å²) in [5.74, 6) is 3.02. The van der Waals surface area contributed by atoms with Crippen molar-refractivity contribution in [3.8, 4) is 0 Å². The van der Waals surface area contributed by atoms with Gasteiger partial charge in [0.15, 0.2) is 0 Å². The summed E-state index contributed by atoms with van der Waals surface area (Å²) in [7, 11) is 0. The highest BCUT2D eigenvalue weighted by Gasteiger charge is 2.19. The van der Waals surface area contributed by atoms with Crippen molar-refractivity contribution in [3.63, 3.8) is 0 Å². The molecule has 1 aliphatic heterocycles. The lowest BCUT2D eigenvalue weighted by Crippen LogP contribution is -2.26. The first-order valence-corrected chi connectivity index (χ1v) is 8.56. The van der Waals surface area contributed by atoms with Gasteiger partial charge in [-0.05, 0) is 38.5 Å². The van der Waals surface area contributed by atoms with Gasteiger partial charge in [-0.2, -0.15) is 0 Å². The normalized spacial score (nSPS) is 19.4. The van der Waals surface area contributed by atoms with Gasteiger partial charge >= 0.3 is 0 Å². The van der Waals surface area contributed by atoms with Gasteiger partial charge in [0.1, 0.15) is 18.0 Å². The van der Waals surface area contributed by atoms with Crippen molar-refractivity contribution in [2.45, 2.75) is 59.3 Å². The van der Waals surface area contributed by atoms with E-state index in [0.717, 1.165) is 43.6 Å². The van der Waals surface area contributed by atoms with Gasteiger partial charge in [-0.25, -0.2) is 9.97 Å². The van der Waals surface area contributed by atoms with E-state index in [0.29, 0.717) is 0 Å². The van der Waals surface area contributed by atoms with Crippen LogP contribution in [-0.2, 0) is 0 Å². The Kier molecular flexibility index (Phi) is 6.27. The van der Waals surface area contributed by atoms with Crippen molar-refractivity contribution < 1.29 is 0 Å². The first kappa shape index (κ1) is 16.1. The maximum Gasteiger partial charge on any atom is 0.137 e. The predicted octanol–water partition coefficient (Wildman–Crippen LogP) is 4.01. The van der Waals surface area contributed by atoms with Crippen molar-refractivity contribution in [1.29, 1.82) is 0 Å². The molecule has 0 amide bonds. The number of rotatable bonds is 6. The Morgan fingerprint density at radius 2 is 2.05 bits per heavy atom. The maximum absolute atomic E-state index is 4.56. The van der Waals surface area contributed by atoms with Gasteiger partial charge in [0.25, 0.3) is 0 Å². The topological polar surface area (TPSA) is 41.1 Å². The van der Waals surface area contributed by atoms with Gasteiger partial charge in [-0.1, -0.05) is 26.7 Å². The summed E-state index contributed by atoms with van der Waals surface area (Å²) in [5, 5.41) is 3.41. The standard InChI is InChI=1S/C17H30N4/c1-4-7-15-8-6-11-21(12-9-15)17-14(3)16(18-10-5-2)19-13-20-17/h13,15H,4-12H2,1-3H3,(H,18,19,20). The molecule has 0 bridgehead atoms. The number of nitrogens with one attached hydrogen (secondary N) is 1. The minimum absolute atomic E-state index is 0.903. The van der Waals surface area contributed by atoms with Gasteiger partial charge in [0.2, 0.25) is 0 Å². The monoisotopic (exact) mass is 290 g/mol. The Bertz CT molecular complexity index is 433. The third-order valence-corrected chi connectivity index (χ3v) is 4.44. The van der Waals surface area contributed by atoms with Crippen LogP contribution in [0.15, 0.2) is 6.33 Å². The van der Waals surface area contributed by atoms with Gasteiger partial charge in [0.05, 0.1) is 0 Å². The molecule has 1 N–H and O–H groups in total. The fourth-order valence-electron chi connectivity index (χ4n) is 3.26. The Morgan fingerprint density at radius 3 is 2.81 bits per heavy atom. The van der Waals surface area contributed by atoms with Gasteiger partial charge in [-0.15, -0.1) is 0 Å². The molecule has 0 aliphatic carbocycles. The quantitative estimate of drug-likeness (QED) is 0.859. The largest absolute Gasteiger partial charge is 0.370 e. The highest BCUT2D eigenvalue weighted by atomic mass is 15.2. The van der Waals surface area contributed by atoms with E-state index >= 15 is 0 Å². The van der Waals surface area contributed by atoms with Crippen molar-refractivity contribution in [3.05, 3.63) is 11.9 Å². The summed E-state index contributed by atoms with van der Waals surface area (Å²) in [4.78, 5) is 11.4. The molecule has 1 atom stereocenters. The van der Waals surface area contributed by atoms with E-state index in [2.05, 4.69) is 41.0 Å². The van der Waals surface area contributed by atoms with Crippen LogP contribution < -0.4 is 10.2 Å². The van der Waals surface area contributed by atoms with Crippen LogP contribution in [-0.4, -0.2) is 29.6 Å². The molecule has 1 aromatic rings. The highest BCUT2D eigenvalue weighted by Crippen LogP contribution is 2.27. The second kappa shape index (κ2) is 8.20. The number of anilines is 2. The summed E-state index contributed by atoms with van der Waals surface area (Å²) in [6, 6.07) is 0. The molecule has 2 rings (SSSR count). The Labute approximate surface area is 129 Å². The van der Waals surface area contributed by atoms with Crippen LogP contribution >= 0.6 is 0 Å². The smallest absolute Gasteiger partial charge is 0.137 e. The van der Waals surface area contributed by atoms with Crippen molar-refractivity contribution in [2.75, 3.05) is 29.9 Å². The van der Waals surface area contributed by atoms with E-state index in [1.807, 2.05) is 0 Å². The number of hydrogen-bond acceptors (Lipinski definition) is 4. The van der Waals surface area contributed by atoms with E-state index in [1.165, 1.54) is 37.7 Å². The van der Waals surface area contributed by atoms with Crippen molar-refractivity contribution >= 4 is 11.6 Å². The number of hydrogen-bond donors (Lipinski definition) is 1. The van der Waals surface area contributed by atoms with Crippen molar-refractivity contribution in [2.24, 2.45) is 5.92 Å². The molecule has 0 spiro atoms. The fourth-order valence-corrected chi connectivity index (χ4v) is 3.26. The molecule has 0 radical (unpaired) electrons. The Balaban J connectivity index is 2.07. The fraction of sp³-hybridized carbons (Fsp3) is 0.765. The Morgan fingerprint density at radius 1 is 1.19 bits per heavy atom. The molecule has 1 aromatic heterocycles. The molecular formula is C17H30N4. The van der Waals surface area contributed by atoms with E-state index in [4.69, 9.17) is 0 Å². The first-order valence-electron chi connectivity index (χ1n) is 8.56. The zero-order valence-electron chi connectivity index (χ0n) is 13.9. The molecule has 1 aliphatic rings. The predicted molar refractivity (Wildman–Crippen MR) is 90.0 cm³/mol. The van der Waals surface area contributed by atoms with Gasteiger partial charge < -0.3 is 10.2 Å². The van der Waals surface area contributed by atoms with E-state index < -0.39 is 0 Å². The minimum atomic E-state index is 0.903. The Hall–Kier alpha value is -1.32. The second-order valence-corrected chi connectivity index (χ2v) is 6.17. The van der Waals surface area contributed by atoms with Crippen LogP contribution in [0.4, 0.5) is 11.6 Å². The summed E-state index contributed by atoms with van der Waals surface area (Å²) in [6.07, 6.45) is 9.45. The highest BCUT2D eigenvalue weighted by molar-refractivity contribution is 5.57. The first-order chi connectivity index (χ1) is 10.3. The minimum Gasteiger partial charge on any atom is -0.370 e. The molecule has 4 nitrogen and oxygen atoms in total. The van der Waals surface area contributed by atoms with Crippen LogP contribution in [0.5, 0.6) is 0 Å². The van der Waals surface area contributed by atoms with Crippen molar-refractivity contribution in [1.82, 2.24) is 9.97 Å². The SMILES string of the molecule is CCCNc1ncnc(N2CCCC(CCC)CC2)c1C. The van der Waals surface area contributed by atoms with Crippen LogP contribution in [0.2, 0.25) is 0 Å². The van der Waals surface area contributed by atoms with E-state index in [9.17, 15) is 0 Å². The summed E-state index contributed by atoms with van der Waals surface area (Å²) < 4.78 is 0. The second-order valence-electron chi connectivity index (χ2n) is 6.17. The third kappa shape index (κ3) is 4.32. The molecule has 4 heteroatoms. The summed E-state index contributed by atoms with van der Waals surface area (Å²) in [6.45, 7) is 9.84. The summed E-state index contributed by atoms with van der Waals surface area (Å²) >= 11 is 0. The zero-order chi connectivity index (χ0) is 15.1. The summed E-state index contributed by atoms with van der Waals surface area (Å²) in [5.41, 5.74) is 1.19. The molecule has 2 heterocycles. The average Bonchev–Trinajstić information content (AvgIpc) is 2.72. The molecule has 1 fully saturated rings. The lowest BCUT2D eigenvalue weighted by molar-refractivity contribution is 0.435. The average molecular weight is 290 g/mol. The molecule has 1 saturated heterocycles. The number of nitrogens with zero attached hydrogens (tertiary/aromatic N) is 3. The molecule has 0 aromatic carbocycles. The molecule has 21 heavy (non-hydrogen) atoms. The van der Waals surface area contributed by atoms with Gasteiger partial charge in [-0.3, -0.25) is 0 Å². The zero-order valence-corrected chi connectivity index (χ0v) is 13.9. The lowest BCUT2D eigenvalue weighted by atomic mass is 9.96. The van der Waals surface area contributed by atoms with E-state index in [1.54, 1.807) is 6.33 Å². The lowest BCUT2D eigenvalue weighted by Gasteiger charge is -2.24. The van der Waals surface area contributed by atoms with Crippen LogP contribution in [0.3, 0.4) is 0 Å². The van der Waals surface area contributed by atoms with Crippen LogP contribution in [0, 0.1) is 12.8 Å². The third-order valence-electron chi connectivity index (χ3n) is 4.44. The molecular weight excluding hydrogens is 260 g/mol. The van der Waals surface area contributed by atoms with Gasteiger partial charge in [0, 0.05) is 25.2 Å². The number of aromatic nitrogens is 2. The van der Waals surface area contributed by atoms with Crippen LogP contribution in [0.1, 0.15) is 57.9 Å². The van der Waals surface area contributed by atoms with E-state index in [-0.39, 0.29) is 0 Å².